The molecule has 1 fully saturated rings. The predicted molar refractivity (Wildman–Crippen MR) is 106 cm³/mol. The number of primary amides is 1. The lowest BCUT2D eigenvalue weighted by molar-refractivity contribution is -0.119. The SMILES string of the molecule is NC(=O)C1Cc2ccccc2N1C(=O)c1ccc(S(=O)(=O)N2CCOCC2)cc1. The molecule has 1 unspecified atom stereocenters. The Hall–Kier alpha value is -2.75. The molecule has 2 aromatic carbocycles. The van der Waals surface area contributed by atoms with E-state index in [0.717, 1.165) is 5.56 Å². The van der Waals surface area contributed by atoms with E-state index in [1.165, 1.54) is 33.5 Å². The Morgan fingerprint density at radius 3 is 2.31 bits per heavy atom. The number of nitrogens with two attached hydrogens (primary N) is 1. The van der Waals surface area contributed by atoms with Gasteiger partial charge in [0.2, 0.25) is 15.9 Å². The number of sulfonamides is 1. The summed E-state index contributed by atoms with van der Waals surface area (Å²) in [6.07, 6.45) is 0.362. The van der Waals surface area contributed by atoms with Gasteiger partial charge in [0.1, 0.15) is 6.04 Å². The van der Waals surface area contributed by atoms with E-state index in [1.54, 1.807) is 12.1 Å². The van der Waals surface area contributed by atoms with Crippen LogP contribution in [0, 0.1) is 0 Å². The lowest BCUT2D eigenvalue weighted by atomic mass is 10.1. The minimum atomic E-state index is -3.64. The third-order valence-corrected chi connectivity index (χ3v) is 7.15. The molecule has 2 aliphatic rings. The number of benzene rings is 2. The average Bonchev–Trinajstić information content (AvgIpc) is 3.14. The molecule has 0 spiro atoms. The molecule has 0 radical (unpaired) electrons. The van der Waals surface area contributed by atoms with Gasteiger partial charge < -0.3 is 10.5 Å². The maximum absolute atomic E-state index is 13.1. The Labute approximate surface area is 168 Å². The summed E-state index contributed by atoms with van der Waals surface area (Å²) in [6, 6.07) is 12.3. The number of morpholine rings is 1. The molecule has 1 atom stereocenters. The van der Waals surface area contributed by atoms with Crippen molar-refractivity contribution in [3.8, 4) is 0 Å². The van der Waals surface area contributed by atoms with E-state index in [2.05, 4.69) is 0 Å². The minimum Gasteiger partial charge on any atom is -0.379 e. The van der Waals surface area contributed by atoms with Crippen LogP contribution in [0.5, 0.6) is 0 Å². The monoisotopic (exact) mass is 415 g/mol. The number of hydrogen-bond acceptors (Lipinski definition) is 5. The van der Waals surface area contributed by atoms with Crippen LogP contribution in [-0.4, -0.2) is 56.9 Å². The molecular formula is C20H21N3O5S. The smallest absolute Gasteiger partial charge is 0.259 e. The van der Waals surface area contributed by atoms with E-state index in [-0.39, 0.29) is 10.5 Å². The maximum atomic E-state index is 13.1. The number of rotatable bonds is 4. The second kappa shape index (κ2) is 7.58. The number of anilines is 1. The van der Waals surface area contributed by atoms with Gasteiger partial charge in [-0.2, -0.15) is 4.31 Å². The van der Waals surface area contributed by atoms with Crippen molar-refractivity contribution in [2.24, 2.45) is 5.73 Å². The maximum Gasteiger partial charge on any atom is 0.259 e. The zero-order chi connectivity index (χ0) is 20.6. The Bertz CT molecular complexity index is 1050. The topological polar surface area (TPSA) is 110 Å². The number of carbonyl (C=O) groups is 2. The third-order valence-electron chi connectivity index (χ3n) is 5.23. The van der Waals surface area contributed by atoms with Crippen LogP contribution in [0.15, 0.2) is 53.4 Å². The second-order valence-corrected chi connectivity index (χ2v) is 8.90. The van der Waals surface area contributed by atoms with Gasteiger partial charge in [-0.1, -0.05) is 18.2 Å². The molecule has 1 saturated heterocycles. The van der Waals surface area contributed by atoms with Gasteiger partial charge in [0.25, 0.3) is 5.91 Å². The van der Waals surface area contributed by atoms with Gasteiger partial charge in [-0.15, -0.1) is 0 Å². The standard InChI is InChI=1S/C20H21N3O5S/c21-19(24)18-13-15-3-1-2-4-17(15)23(18)20(25)14-5-7-16(8-6-14)29(26,27)22-9-11-28-12-10-22/h1-8,18H,9-13H2,(H2,21,24). The van der Waals surface area contributed by atoms with Gasteiger partial charge in [0, 0.05) is 30.8 Å². The highest BCUT2D eigenvalue weighted by Gasteiger charge is 2.37. The molecule has 152 valence electrons. The van der Waals surface area contributed by atoms with Crippen LogP contribution in [0.1, 0.15) is 15.9 Å². The molecule has 4 rings (SSSR count). The van der Waals surface area contributed by atoms with Crippen LogP contribution >= 0.6 is 0 Å². The van der Waals surface area contributed by atoms with Crippen molar-refractivity contribution in [3.05, 3.63) is 59.7 Å². The Kier molecular flexibility index (Phi) is 5.12. The number of nitrogens with zero attached hydrogens (tertiary/aromatic N) is 2. The van der Waals surface area contributed by atoms with Crippen LogP contribution in [-0.2, 0) is 26.0 Å². The van der Waals surface area contributed by atoms with Crippen molar-refractivity contribution in [2.45, 2.75) is 17.4 Å². The highest BCUT2D eigenvalue weighted by molar-refractivity contribution is 7.89. The van der Waals surface area contributed by atoms with E-state index < -0.39 is 27.9 Å². The molecule has 9 heteroatoms. The van der Waals surface area contributed by atoms with Crippen LogP contribution < -0.4 is 10.6 Å². The van der Waals surface area contributed by atoms with Gasteiger partial charge in [-0.3, -0.25) is 14.5 Å². The van der Waals surface area contributed by atoms with Crippen LogP contribution in [0.2, 0.25) is 0 Å². The molecule has 2 aromatic rings. The molecule has 0 bridgehead atoms. The molecular weight excluding hydrogens is 394 g/mol. The molecule has 8 nitrogen and oxygen atoms in total. The number of carbonyl (C=O) groups excluding carboxylic acids is 2. The predicted octanol–water partition coefficient (Wildman–Crippen LogP) is 0.764. The number of amides is 2. The lowest BCUT2D eigenvalue weighted by Gasteiger charge is -2.26. The zero-order valence-corrected chi connectivity index (χ0v) is 16.5. The van der Waals surface area contributed by atoms with Gasteiger partial charge >= 0.3 is 0 Å². The first-order valence-corrected chi connectivity index (χ1v) is 10.7. The molecule has 0 aromatic heterocycles. The molecule has 0 aliphatic carbocycles. The summed E-state index contributed by atoms with van der Waals surface area (Å²) in [5, 5.41) is 0. The molecule has 2 heterocycles. The van der Waals surface area contributed by atoms with E-state index in [0.29, 0.717) is 38.4 Å². The van der Waals surface area contributed by atoms with Gasteiger partial charge in [0.05, 0.1) is 18.1 Å². The van der Waals surface area contributed by atoms with Crippen molar-refractivity contribution in [3.63, 3.8) is 0 Å². The molecule has 2 aliphatic heterocycles. The van der Waals surface area contributed by atoms with E-state index >= 15 is 0 Å². The van der Waals surface area contributed by atoms with Crippen LogP contribution in [0.3, 0.4) is 0 Å². The highest BCUT2D eigenvalue weighted by Crippen LogP contribution is 2.33. The fraction of sp³-hybridized carbons (Fsp3) is 0.300. The summed E-state index contributed by atoms with van der Waals surface area (Å²) < 4.78 is 32.1. The Balaban J connectivity index is 1.62. The van der Waals surface area contributed by atoms with E-state index in [1.807, 2.05) is 12.1 Å². The van der Waals surface area contributed by atoms with Crippen molar-refractivity contribution >= 4 is 27.5 Å². The second-order valence-electron chi connectivity index (χ2n) is 6.97. The van der Waals surface area contributed by atoms with Crippen molar-refractivity contribution < 1.29 is 22.7 Å². The summed E-state index contributed by atoms with van der Waals surface area (Å²) in [5.74, 6) is -0.977. The fourth-order valence-corrected chi connectivity index (χ4v) is 5.12. The van der Waals surface area contributed by atoms with Gasteiger partial charge in [-0.05, 0) is 35.9 Å². The number of hydrogen-bond donors (Lipinski definition) is 1. The molecule has 2 amide bonds. The summed E-state index contributed by atoms with van der Waals surface area (Å²) >= 11 is 0. The number of ether oxygens (including phenoxy) is 1. The summed E-state index contributed by atoms with van der Waals surface area (Å²) in [6.45, 7) is 1.32. The van der Waals surface area contributed by atoms with Gasteiger partial charge in [-0.25, -0.2) is 8.42 Å². The highest BCUT2D eigenvalue weighted by atomic mass is 32.2. The largest absolute Gasteiger partial charge is 0.379 e. The molecule has 29 heavy (non-hydrogen) atoms. The lowest BCUT2D eigenvalue weighted by Crippen LogP contribution is -2.46. The van der Waals surface area contributed by atoms with Crippen molar-refractivity contribution in [2.75, 3.05) is 31.2 Å². The minimum absolute atomic E-state index is 0.115. The quantitative estimate of drug-likeness (QED) is 0.793. The Morgan fingerprint density at radius 2 is 1.66 bits per heavy atom. The first kappa shape index (κ1) is 19.6. The van der Waals surface area contributed by atoms with E-state index in [4.69, 9.17) is 10.5 Å². The van der Waals surface area contributed by atoms with E-state index in [9.17, 15) is 18.0 Å². The first-order valence-electron chi connectivity index (χ1n) is 9.28. The van der Waals surface area contributed by atoms with Crippen LogP contribution in [0.4, 0.5) is 5.69 Å². The fourth-order valence-electron chi connectivity index (χ4n) is 3.71. The van der Waals surface area contributed by atoms with Crippen molar-refractivity contribution in [1.29, 1.82) is 0 Å². The normalized spacial score (nSPS) is 19.7. The average molecular weight is 415 g/mol. The first-order chi connectivity index (χ1) is 13.9. The Morgan fingerprint density at radius 1 is 1.00 bits per heavy atom. The summed E-state index contributed by atoms with van der Waals surface area (Å²) in [7, 11) is -3.64. The number of para-hydroxylation sites is 1. The zero-order valence-electron chi connectivity index (χ0n) is 15.7. The summed E-state index contributed by atoms with van der Waals surface area (Å²) in [5.41, 5.74) is 7.32. The number of fused-ring (bicyclic) bond motifs is 1. The summed E-state index contributed by atoms with van der Waals surface area (Å²) in [4.78, 5) is 26.5. The molecule has 2 N–H and O–H groups in total. The van der Waals surface area contributed by atoms with Crippen molar-refractivity contribution in [1.82, 2.24) is 4.31 Å². The van der Waals surface area contributed by atoms with Gasteiger partial charge in [0.15, 0.2) is 0 Å². The molecule has 0 saturated carbocycles. The van der Waals surface area contributed by atoms with Crippen LogP contribution in [0.25, 0.3) is 0 Å². The third kappa shape index (κ3) is 3.52.